The fraction of sp³-hybridized carbons (Fsp3) is 0.0435. The molecule has 3 N–H and O–H groups in total. The van der Waals surface area contributed by atoms with Crippen molar-refractivity contribution in [2.24, 2.45) is 5.73 Å². The first-order valence-corrected chi connectivity index (χ1v) is 9.47. The van der Waals surface area contributed by atoms with Crippen molar-refractivity contribution in [1.29, 1.82) is 5.26 Å². The average Bonchev–Trinajstić information content (AvgIpc) is 3.21. The van der Waals surface area contributed by atoms with E-state index in [1.165, 1.54) is 6.07 Å². The van der Waals surface area contributed by atoms with E-state index in [0.717, 1.165) is 16.3 Å². The molecule has 0 saturated carbocycles. The summed E-state index contributed by atoms with van der Waals surface area (Å²) < 4.78 is 5.60. The number of hydrogen-bond acceptors (Lipinski definition) is 6. The minimum Gasteiger partial charge on any atom is -0.420 e. The topological polar surface area (TPSA) is 131 Å². The number of allylic oxidation sites excluding steroid dienone is 1. The maximum atomic E-state index is 11.7. The molecule has 0 amide bonds. The van der Waals surface area contributed by atoms with Gasteiger partial charge in [0.2, 0.25) is 11.8 Å². The Bertz CT molecular complexity index is 1430. The highest BCUT2D eigenvalue weighted by atomic mass is 16.6. The molecule has 4 aromatic rings. The second-order valence-electron chi connectivity index (χ2n) is 7.12. The van der Waals surface area contributed by atoms with Gasteiger partial charge in [-0.15, -0.1) is 5.10 Å². The highest BCUT2D eigenvalue weighted by Gasteiger charge is 2.38. The van der Waals surface area contributed by atoms with Gasteiger partial charge in [-0.1, -0.05) is 54.6 Å². The summed E-state index contributed by atoms with van der Waals surface area (Å²) in [5.74, 6) is -0.715. The van der Waals surface area contributed by atoms with Crippen molar-refractivity contribution < 1.29 is 9.66 Å². The number of H-pyrrole nitrogens is 1. The molecule has 0 saturated heterocycles. The van der Waals surface area contributed by atoms with Crippen molar-refractivity contribution in [1.82, 2.24) is 10.2 Å². The number of ether oxygens (including phenoxy) is 1. The van der Waals surface area contributed by atoms with Crippen LogP contribution in [0.4, 0.5) is 5.69 Å². The number of hydrogen-bond donors (Lipinski definition) is 2. The molecule has 1 atom stereocenters. The molecule has 3 aromatic carbocycles. The minimum absolute atomic E-state index is 0.102. The van der Waals surface area contributed by atoms with Gasteiger partial charge in [0.25, 0.3) is 5.69 Å². The second-order valence-corrected chi connectivity index (χ2v) is 7.12. The number of fused-ring (bicyclic) bond motifs is 2. The first-order chi connectivity index (χ1) is 15.1. The average molecular weight is 409 g/mol. The molecule has 0 spiro atoms. The Morgan fingerprint density at radius 1 is 1.10 bits per heavy atom. The van der Waals surface area contributed by atoms with Crippen LogP contribution < -0.4 is 10.5 Å². The SMILES string of the molecule is N#CC1=C(N)Oc2n[nH]c(-c3ccc4ccccc4c3)c2C1c1ccccc1[N+](=O)[O-]. The van der Waals surface area contributed by atoms with E-state index in [-0.39, 0.29) is 23.0 Å². The molecule has 5 rings (SSSR count). The third-order valence-electron chi connectivity index (χ3n) is 5.42. The number of para-hydroxylation sites is 1. The molecule has 1 unspecified atom stereocenters. The maximum absolute atomic E-state index is 11.7. The van der Waals surface area contributed by atoms with Crippen molar-refractivity contribution in [3.8, 4) is 23.2 Å². The number of nitrogens with zero attached hydrogens (tertiary/aromatic N) is 3. The van der Waals surface area contributed by atoms with Crippen LogP contribution in [0.2, 0.25) is 0 Å². The quantitative estimate of drug-likeness (QED) is 0.382. The zero-order valence-corrected chi connectivity index (χ0v) is 16.1. The fourth-order valence-electron chi connectivity index (χ4n) is 4.02. The normalized spacial score (nSPS) is 15.3. The second kappa shape index (κ2) is 7.00. The van der Waals surface area contributed by atoms with E-state index in [1.807, 2.05) is 42.5 Å². The summed E-state index contributed by atoms with van der Waals surface area (Å²) in [6.45, 7) is 0. The molecule has 0 fully saturated rings. The molecule has 150 valence electrons. The number of aromatic amines is 1. The number of nitrogens with two attached hydrogens (primary N) is 1. The van der Waals surface area contributed by atoms with Crippen molar-refractivity contribution in [3.63, 3.8) is 0 Å². The van der Waals surface area contributed by atoms with E-state index >= 15 is 0 Å². The number of nitriles is 1. The first kappa shape index (κ1) is 18.4. The number of nitro benzene ring substituents is 1. The number of nitro groups is 1. The van der Waals surface area contributed by atoms with Crippen LogP contribution >= 0.6 is 0 Å². The third kappa shape index (κ3) is 2.88. The van der Waals surface area contributed by atoms with Crippen LogP contribution in [-0.4, -0.2) is 15.1 Å². The van der Waals surface area contributed by atoms with Crippen LogP contribution in [0.25, 0.3) is 22.0 Å². The van der Waals surface area contributed by atoms with Crippen LogP contribution in [0.5, 0.6) is 5.88 Å². The summed E-state index contributed by atoms with van der Waals surface area (Å²) in [6.07, 6.45) is 0. The number of rotatable bonds is 3. The Morgan fingerprint density at radius 3 is 2.61 bits per heavy atom. The number of nitrogens with one attached hydrogen (secondary N) is 1. The molecule has 8 heteroatoms. The molecular weight excluding hydrogens is 394 g/mol. The molecule has 2 heterocycles. The maximum Gasteiger partial charge on any atom is 0.273 e. The summed E-state index contributed by atoms with van der Waals surface area (Å²) in [6, 6.07) is 22.2. The van der Waals surface area contributed by atoms with E-state index in [2.05, 4.69) is 16.3 Å². The summed E-state index contributed by atoms with van der Waals surface area (Å²) >= 11 is 0. The number of aromatic nitrogens is 2. The lowest BCUT2D eigenvalue weighted by Gasteiger charge is -2.24. The Kier molecular flexibility index (Phi) is 4.15. The molecule has 1 aromatic heterocycles. The van der Waals surface area contributed by atoms with E-state index in [1.54, 1.807) is 18.2 Å². The van der Waals surface area contributed by atoms with Gasteiger partial charge in [0.05, 0.1) is 22.1 Å². The zero-order valence-electron chi connectivity index (χ0n) is 16.1. The minimum atomic E-state index is -0.796. The van der Waals surface area contributed by atoms with Gasteiger partial charge in [0, 0.05) is 17.2 Å². The van der Waals surface area contributed by atoms with Gasteiger partial charge in [-0.25, -0.2) is 0 Å². The van der Waals surface area contributed by atoms with E-state index < -0.39 is 10.8 Å². The van der Waals surface area contributed by atoms with Gasteiger partial charge in [-0.05, 0) is 16.8 Å². The summed E-state index contributed by atoms with van der Waals surface area (Å²) in [7, 11) is 0. The Morgan fingerprint density at radius 2 is 1.84 bits per heavy atom. The van der Waals surface area contributed by atoms with Crippen molar-refractivity contribution in [2.75, 3.05) is 0 Å². The molecule has 1 aliphatic heterocycles. The van der Waals surface area contributed by atoms with E-state index in [4.69, 9.17) is 10.5 Å². The fourth-order valence-corrected chi connectivity index (χ4v) is 4.02. The first-order valence-electron chi connectivity index (χ1n) is 9.47. The summed E-state index contributed by atoms with van der Waals surface area (Å²) in [5.41, 5.74) is 8.31. The van der Waals surface area contributed by atoms with Gasteiger partial charge < -0.3 is 10.5 Å². The molecule has 31 heavy (non-hydrogen) atoms. The standard InChI is InChI=1S/C23H15N5O3/c24-12-17-19(16-7-3-4-8-18(16)28(29)30)20-21(26-27-23(20)31-22(17)25)15-10-9-13-5-1-2-6-14(13)11-15/h1-11,19H,25H2,(H,26,27). The highest BCUT2D eigenvalue weighted by Crippen LogP contribution is 2.47. The Hall–Kier alpha value is -4.64. The van der Waals surface area contributed by atoms with E-state index in [0.29, 0.717) is 16.8 Å². The van der Waals surface area contributed by atoms with Crippen LogP contribution in [-0.2, 0) is 0 Å². The molecule has 0 radical (unpaired) electrons. The highest BCUT2D eigenvalue weighted by molar-refractivity contribution is 5.87. The number of benzene rings is 3. The van der Waals surface area contributed by atoms with Crippen molar-refractivity contribution in [2.45, 2.75) is 5.92 Å². The lowest BCUT2D eigenvalue weighted by Crippen LogP contribution is -2.21. The predicted molar refractivity (Wildman–Crippen MR) is 114 cm³/mol. The van der Waals surface area contributed by atoms with Crippen LogP contribution in [0.1, 0.15) is 17.0 Å². The van der Waals surface area contributed by atoms with Gasteiger partial charge in [0.15, 0.2) is 0 Å². The lowest BCUT2D eigenvalue weighted by atomic mass is 9.82. The van der Waals surface area contributed by atoms with Crippen LogP contribution in [0, 0.1) is 21.4 Å². The molecule has 0 bridgehead atoms. The van der Waals surface area contributed by atoms with Crippen molar-refractivity contribution >= 4 is 16.5 Å². The van der Waals surface area contributed by atoms with Crippen LogP contribution in [0.3, 0.4) is 0 Å². The van der Waals surface area contributed by atoms with Gasteiger partial charge >= 0.3 is 0 Å². The predicted octanol–water partition coefficient (Wildman–Crippen LogP) is 4.36. The van der Waals surface area contributed by atoms with Crippen molar-refractivity contribution in [3.05, 3.63) is 99.4 Å². The summed E-state index contributed by atoms with van der Waals surface area (Å²) in [4.78, 5) is 11.2. The van der Waals surface area contributed by atoms with Gasteiger partial charge in [-0.3, -0.25) is 15.2 Å². The Labute approximate surface area is 176 Å². The van der Waals surface area contributed by atoms with Gasteiger partial charge in [0.1, 0.15) is 11.6 Å². The molecular formula is C23H15N5O3. The summed E-state index contributed by atoms with van der Waals surface area (Å²) in [5, 5.41) is 30.9. The monoisotopic (exact) mass is 409 g/mol. The van der Waals surface area contributed by atoms with Gasteiger partial charge in [-0.2, -0.15) is 5.26 Å². The van der Waals surface area contributed by atoms with E-state index in [9.17, 15) is 15.4 Å². The van der Waals surface area contributed by atoms with Crippen LogP contribution in [0.15, 0.2) is 78.2 Å². The molecule has 8 nitrogen and oxygen atoms in total. The molecule has 1 aliphatic rings. The third-order valence-corrected chi connectivity index (χ3v) is 5.42. The largest absolute Gasteiger partial charge is 0.420 e. The smallest absolute Gasteiger partial charge is 0.273 e. The molecule has 0 aliphatic carbocycles. The zero-order chi connectivity index (χ0) is 21.5. The lowest BCUT2D eigenvalue weighted by molar-refractivity contribution is -0.385. The Balaban J connectivity index is 1.77.